The van der Waals surface area contributed by atoms with Gasteiger partial charge in [-0.1, -0.05) is 18.2 Å². The fourth-order valence-corrected chi connectivity index (χ4v) is 2.60. The Morgan fingerprint density at radius 2 is 2.07 bits per heavy atom. The van der Waals surface area contributed by atoms with Gasteiger partial charge in [-0.15, -0.1) is 11.8 Å². The van der Waals surface area contributed by atoms with Crippen LogP contribution in [-0.4, -0.2) is 17.3 Å². The second-order valence-corrected chi connectivity index (χ2v) is 4.68. The maximum absolute atomic E-state index is 11.0. The average Bonchev–Trinajstić information content (AvgIpc) is 2.47. The van der Waals surface area contributed by atoms with Gasteiger partial charge in [0.15, 0.2) is 0 Å². The molecule has 1 aliphatic rings. The van der Waals surface area contributed by atoms with Gasteiger partial charge < -0.3 is 4.74 Å². The molecule has 0 saturated carbocycles. The molecule has 2 atom stereocenters. The van der Waals surface area contributed by atoms with Crippen molar-refractivity contribution in [3.63, 3.8) is 0 Å². The van der Waals surface area contributed by atoms with Gasteiger partial charge in [0.05, 0.1) is 11.7 Å². The molecule has 1 aliphatic heterocycles. The molecule has 1 aromatic carbocycles. The Morgan fingerprint density at radius 3 is 2.64 bits per heavy atom. The number of ether oxygens (including phenoxy) is 1. The van der Waals surface area contributed by atoms with E-state index in [0.29, 0.717) is 6.42 Å². The first-order valence-corrected chi connectivity index (χ1v) is 5.55. The summed E-state index contributed by atoms with van der Waals surface area (Å²) in [5.74, 6) is -0.0778. The smallest absolute Gasteiger partial charge is 0.307 e. The third-order valence-corrected chi connectivity index (χ3v) is 3.64. The summed E-state index contributed by atoms with van der Waals surface area (Å²) in [4.78, 5) is 12.2. The number of cyclic esters (lactones) is 1. The number of thioether (sulfide) groups is 1. The van der Waals surface area contributed by atoms with Crippen LogP contribution in [0.3, 0.4) is 0 Å². The SMILES string of the molecule is C[C@@H]1OC(=O)C[C@H]1Sc1ccccc1. The Hall–Kier alpha value is -0.960. The highest BCUT2D eigenvalue weighted by Gasteiger charge is 2.31. The van der Waals surface area contributed by atoms with Gasteiger partial charge in [0.25, 0.3) is 0 Å². The lowest BCUT2D eigenvalue weighted by molar-refractivity contribution is -0.140. The zero-order valence-electron chi connectivity index (χ0n) is 7.97. The van der Waals surface area contributed by atoms with Crippen molar-refractivity contribution in [1.82, 2.24) is 0 Å². The average molecular weight is 208 g/mol. The third kappa shape index (κ3) is 2.10. The first kappa shape index (κ1) is 9.59. The molecule has 0 amide bonds. The van der Waals surface area contributed by atoms with Crippen molar-refractivity contribution in [2.45, 2.75) is 29.6 Å². The van der Waals surface area contributed by atoms with E-state index in [1.165, 1.54) is 4.90 Å². The topological polar surface area (TPSA) is 26.3 Å². The van der Waals surface area contributed by atoms with Gasteiger partial charge in [0.1, 0.15) is 6.10 Å². The van der Waals surface area contributed by atoms with Crippen molar-refractivity contribution in [3.8, 4) is 0 Å². The van der Waals surface area contributed by atoms with E-state index in [0.717, 1.165) is 0 Å². The van der Waals surface area contributed by atoms with Crippen molar-refractivity contribution < 1.29 is 9.53 Å². The highest BCUT2D eigenvalue weighted by molar-refractivity contribution is 8.00. The fraction of sp³-hybridized carbons (Fsp3) is 0.364. The molecule has 14 heavy (non-hydrogen) atoms. The van der Waals surface area contributed by atoms with Crippen LogP contribution in [0.25, 0.3) is 0 Å². The number of carbonyl (C=O) groups is 1. The lowest BCUT2D eigenvalue weighted by atomic mass is 10.2. The molecule has 2 nitrogen and oxygen atoms in total. The van der Waals surface area contributed by atoms with Crippen LogP contribution >= 0.6 is 11.8 Å². The standard InChI is InChI=1S/C11H12O2S/c1-8-10(7-11(12)13-8)14-9-5-3-2-4-6-9/h2-6,8,10H,7H2,1H3/t8-,10+/m0/s1. The maximum atomic E-state index is 11.0. The van der Waals surface area contributed by atoms with Crippen molar-refractivity contribution >= 4 is 17.7 Å². The van der Waals surface area contributed by atoms with Gasteiger partial charge in [-0.3, -0.25) is 4.79 Å². The van der Waals surface area contributed by atoms with E-state index in [1.807, 2.05) is 25.1 Å². The molecule has 0 aliphatic carbocycles. The van der Waals surface area contributed by atoms with Crippen LogP contribution in [0.1, 0.15) is 13.3 Å². The summed E-state index contributed by atoms with van der Waals surface area (Å²) in [5.41, 5.74) is 0. The van der Waals surface area contributed by atoms with Crippen LogP contribution in [-0.2, 0) is 9.53 Å². The zero-order valence-corrected chi connectivity index (χ0v) is 8.79. The molecule has 74 valence electrons. The summed E-state index contributed by atoms with van der Waals surface area (Å²) in [6, 6.07) is 10.1. The molecule has 0 bridgehead atoms. The van der Waals surface area contributed by atoms with E-state index in [4.69, 9.17) is 4.74 Å². The Kier molecular flexibility index (Phi) is 2.77. The fourth-order valence-electron chi connectivity index (χ4n) is 1.47. The zero-order chi connectivity index (χ0) is 9.97. The first-order valence-electron chi connectivity index (χ1n) is 4.67. The van der Waals surface area contributed by atoms with Gasteiger partial charge >= 0.3 is 5.97 Å². The Labute approximate surface area is 87.6 Å². The number of esters is 1. The molecule has 1 aromatic rings. The minimum Gasteiger partial charge on any atom is -0.461 e. The summed E-state index contributed by atoms with van der Waals surface area (Å²) in [7, 11) is 0. The predicted octanol–water partition coefficient (Wildman–Crippen LogP) is 2.48. The van der Waals surface area contributed by atoms with Crippen LogP contribution in [0.4, 0.5) is 0 Å². The molecule has 0 N–H and O–H groups in total. The number of hydrogen-bond donors (Lipinski definition) is 0. The van der Waals surface area contributed by atoms with Crippen LogP contribution in [0.2, 0.25) is 0 Å². The number of carbonyl (C=O) groups excluding carboxylic acids is 1. The molecule has 1 heterocycles. The second kappa shape index (κ2) is 4.05. The van der Waals surface area contributed by atoms with Crippen LogP contribution < -0.4 is 0 Å². The predicted molar refractivity (Wildman–Crippen MR) is 56.3 cm³/mol. The van der Waals surface area contributed by atoms with Gasteiger partial charge in [0, 0.05) is 4.90 Å². The Morgan fingerprint density at radius 1 is 1.36 bits per heavy atom. The summed E-state index contributed by atoms with van der Waals surface area (Å²) in [6.45, 7) is 1.95. The van der Waals surface area contributed by atoms with Crippen molar-refractivity contribution in [3.05, 3.63) is 30.3 Å². The quantitative estimate of drug-likeness (QED) is 0.698. The summed E-state index contributed by atoms with van der Waals surface area (Å²) >= 11 is 1.72. The Balaban J connectivity index is 2.02. The third-order valence-electron chi connectivity index (χ3n) is 2.24. The summed E-state index contributed by atoms with van der Waals surface area (Å²) in [6.07, 6.45) is 0.563. The van der Waals surface area contributed by atoms with Crippen LogP contribution in [0.5, 0.6) is 0 Å². The van der Waals surface area contributed by atoms with Crippen molar-refractivity contribution in [1.29, 1.82) is 0 Å². The van der Waals surface area contributed by atoms with E-state index in [1.54, 1.807) is 11.8 Å². The van der Waals surface area contributed by atoms with Crippen molar-refractivity contribution in [2.75, 3.05) is 0 Å². The Bertz CT molecular complexity index is 323. The highest BCUT2D eigenvalue weighted by Crippen LogP contribution is 2.32. The minimum atomic E-state index is -0.0778. The molecule has 2 rings (SSSR count). The number of benzene rings is 1. The molecule has 0 radical (unpaired) electrons. The highest BCUT2D eigenvalue weighted by atomic mass is 32.2. The summed E-state index contributed by atoms with van der Waals surface area (Å²) in [5, 5.41) is 0.268. The molecular weight excluding hydrogens is 196 g/mol. The number of rotatable bonds is 2. The van der Waals surface area contributed by atoms with Gasteiger partial charge in [-0.25, -0.2) is 0 Å². The lowest BCUT2D eigenvalue weighted by Crippen LogP contribution is -2.12. The molecular formula is C11H12O2S. The van der Waals surface area contributed by atoms with E-state index < -0.39 is 0 Å². The van der Waals surface area contributed by atoms with E-state index in [-0.39, 0.29) is 17.3 Å². The number of hydrogen-bond acceptors (Lipinski definition) is 3. The monoisotopic (exact) mass is 208 g/mol. The van der Waals surface area contributed by atoms with E-state index in [2.05, 4.69) is 12.1 Å². The molecule has 1 fully saturated rings. The first-order chi connectivity index (χ1) is 6.75. The molecule has 0 aromatic heterocycles. The lowest BCUT2D eigenvalue weighted by Gasteiger charge is -2.11. The second-order valence-electron chi connectivity index (χ2n) is 3.37. The molecule has 3 heteroatoms. The van der Waals surface area contributed by atoms with Crippen LogP contribution in [0, 0.1) is 0 Å². The maximum Gasteiger partial charge on any atom is 0.307 e. The minimum absolute atomic E-state index is 0.0349. The van der Waals surface area contributed by atoms with E-state index in [9.17, 15) is 4.79 Å². The largest absolute Gasteiger partial charge is 0.461 e. The van der Waals surface area contributed by atoms with Crippen molar-refractivity contribution in [2.24, 2.45) is 0 Å². The molecule has 0 unspecified atom stereocenters. The van der Waals surface area contributed by atoms with Gasteiger partial charge in [-0.2, -0.15) is 0 Å². The van der Waals surface area contributed by atoms with Gasteiger partial charge in [0.2, 0.25) is 0 Å². The summed E-state index contributed by atoms with van der Waals surface area (Å²) < 4.78 is 5.09. The molecule has 1 saturated heterocycles. The normalized spacial score (nSPS) is 26.2. The van der Waals surface area contributed by atoms with E-state index >= 15 is 0 Å². The molecule has 0 spiro atoms. The van der Waals surface area contributed by atoms with Crippen LogP contribution in [0.15, 0.2) is 35.2 Å². The van der Waals surface area contributed by atoms with Gasteiger partial charge in [-0.05, 0) is 19.1 Å².